The van der Waals surface area contributed by atoms with Crippen LogP contribution in [-0.4, -0.2) is 50.3 Å². The third-order valence-electron chi connectivity index (χ3n) is 5.45. The molecule has 4 rings (SSSR count). The van der Waals surface area contributed by atoms with Crippen molar-refractivity contribution in [3.8, 4) is 0 Å². The Bertz CT molecular complexity index is 1080. The van der Waals surface area contributed by atoms with Crippen LogP contribution in [0.1, 0.15) is 25.8 Å². The molecule has 29 heavy (non-hydrogen) atoms. The van der Waals surface area contributed by atoms with Gasteiger partial charge in [-0.3, -0.25) is 19.4 Å². The van der Waals surface area contributed by atoms with Crippen LogP contribution in [0.2, 0.25) is 10.0 Å². The van der Waals surface area contributed by atoms with Gasteiger partial charge in [0.25, 0.3) is 5.56 Å². The highest BCUT2D eigenvalue weighted by atomic mass is 35.5. The molecule has 0 radical (unpaired) electrons. The molecule has 2 aromatic heterocycles. The van der Waals surface area contributed by atoms with Crippen LogP contribution in [0.4, 0.5) is 0 Å². The molecular formula is C19H22Cl2N6OS. The molecule has 0 saturated carbocycles. The van der Waals surface area contributed by atoms with Crippen molar-refractivity contribution < 1.29 is 0 Å². The first-order valence-electron chi connectivity index (χ1n) is 9.50. The number of H-pyrrole nitrogens is 1. The zero-order valence-corrected chi connectivity index (χ0v) is 18.3. The number of fused-ring (bicyclic) bond motifs is 1. The van der Waals surface area contributed by atoms with Crippen molar-refractivity contribution in [3.05, 3.63) is 44.9 Å². The number of nitrogens with one attached hydrogen (secondary N) is 1. The van der Waals surface area contributed by atoms with Crippen molar-refractivity contribution in [2.45, 2.75) is 41.8 Å². The summed E-state index contributed by atoms with van der Waals surface area (Å²) in [5.41, 5.74) is 6.63. The van der Waals surface area contributed by atoms with E-state index in [1.54, 1.807) is 17.0 Å². The number of hydrogen-bond acceptors (Lipinski definition) is 6. The lowest BCUT2D eigenvalue weighted by atomic mass is 10.0. The fourth-order valence-corrected chi connectivity index (χ4v) is 5.01. The fraction of sp³-hybridized carbons (Fsp3) is 0.421. The minimum atomic E-state index is -0.100. The molecule has 1 aliphatic rings. The summed E-state index contributed by atoms with van der Waals surface area (Å²) in [4.78, 5) is 20.7. The van der Waals surface area contributed by atoms with E-state index in [1.165, 1.54) is 11.8 Å². The Morgan fingerprint density at radius 2 is 2.10 bits per heavy atom. The van der Waals surface area contributed by atoms with Crippen molar-refractivity contribution in [2.24, 2.45) is 5.73 Å². The SMILES string of the molecule is CC(CN)N1CCC(n2cnc3c(Sc4cccc(Cl)c4Cl)n[nH]c3c2=O)CC1. The van der Waals surface area contributed by atoms with Crippen LogP contribution in [0.25, 0.3) is 11.0 Å². The average Bonchev–Trinajstić information content (AvgIpc) is 3.15. The van der Waals surface area contributed by atoms with Crippen molar-refractivity contribution in [3.63, 3.8) is 0 Å². The Morgan fingerprint density at radius 3 is 2.83 bits per heavy atom. The summed E-state index contributed by atoms with van der Waals surface area (Å²) < 4.78 is 1.73. The topological polar surface area (TPSA) is 92.8 Å². The van der Waals surface area contributed by atoms with Crippen molar-refractivity contribution >= 4 is 46.0 Å². The van der Waals surface area contributed by atoms with E-state index in [-0.39, 0.29) is 11.6 Å². The van der Waals surface area contributed by atoms with E-state index in [2.05, 4.69) is 27.0 Å². The van der Waals surface area contributed by atoms with Gasteiger partial charge in [-0.05, 0) is 31.9 Å². The summed E-state index contributed by atoms with van der Waals surface area (Å²) in [6, 6.07) is 5.90. The van der Waals surface area contributed by atoms with E-state index in [4.69, 9.17) is 28.9 Å². The maximum atomic E-state index is 13.0. The van der Waals surface area contributed by atoms with Gasteiger partial charge < -0.3 is 5.73 Å². The van der Waals surface area contributed by atoms with E-state index < -0.39 is 0 Å². The summed E-state index contributed by atoms with van der Waals surface area (Å²) in [6.07, 6.45) is 3.42. The number of aromatic nitrogens is 4. The summed E-state index contributed by atoms with van der Waals surface area (Å²) >= 11 is 13.7. The van der Waals surface area contributed by atoms with Gasteiger partial charge in [0.15, 0.2) is 5.52 Å². The predicted molar refractivity (Wildman–Crippen MR) is 117 cm³/mol. The Kier molecular flexibility index (Phi) is 6.17. The second-order valence-corrected chi connectivity index (χ2v) is 9.03. The Hall–Kier alpha value is -1.58. The molecule has 1 fully saturated rings. The Balaban J connectivity index is 1.58. The standard InChI is InChI=1S/C19H22Cl2N6OS/c1-11(9-22)26-7-5-12(6-8-26)27-10-23-16-17(19(27)28)24-25-18(16)29-14-4-2-3-13(20)15(14)21/h2-4,10-12H,5-9,22H2,1H3,(H,24,25). The van der Waals surface area contributed by atoms with Crippen molar-refractivity contribution in [1.29, 1.82) is 0 Å². The fourth-order valence-electron chi connectivity index (χ4n) is 3.64. The molecule has 7 nitrogen and oxygen atoms in total. The van der Waals surface area contributed by atoms with Crippen LogP contribution in [0.5, 0.6) is 0 Å². The maximum Gasteiger partial charge on any atom is 0.279 e. The lowest BCUT2D eigenvalue weighted by Gasteiger charge is -2.36. The summed E-state index contributed by atoms with van der Waals surface area (Å²) in [6.45, 7) is 4.62. The van der Waals surface area contributed by atoms with E-state index in [0.29, 0.717) is 38.7 Å². The van der Waals surface area contributed by atoms with Gasteiger partial charge >= 0.3 is 0 Å². The molecule has 0 aliphatic carbocycles. The predicted octanol–water partition coefficient (Wildman–Crippen LogP) is 3.56. The Morgan fingerprint density at radius 1 is 1.34 bits per heavy atom. The molecule has 1 unspecified atom stereocenters. The number of rotatable bonds is 5. The molecule has 1 saturated heterocycles. The van der Waals surface area contributed by atoms with Gasteiger partial charge in [0.05, 0.1) is 16.4 Å². The number of nitrogens with zero attached hydrogens (tertiary/aromatic N) is 4. The first kappa shape index (κ1) is 20.7. The number of hydrogen-bond donors (Lipinski definition) is 2. The zero-order valence-electron chi connectivity index (χ0n) is 15.9. The van der Waals surface area contributed by atoms with Crippen LogP contribution in [0, 0.1) is 0 Å². The van der Waals surface area contributed by atoms with Gasteiger partial charge in [-0.15, -0.1) is 0 Å². The monoisotopic (exact) mass is 452 g/mol. The summed E-state index contributed by atoms with van der Waals surface area (Å²) in [5.74, 6) is 0. The lowest BCUT2D eigenvalue weighted by Crippen LogP contribution is -2.44. The minimum absolute atomic E-state index is 0.100. The first-order valence-corrected chi connectivity index (χ1v) is 11.1. The molecule has 0 spiro atoms. The van der Waals surface area contributed by atoms with Crippen LogP contribution in [0.3, 0.4) is 0 Å². The van der Waals surface area contributed by atoms with E-state index >= 15 is 0 Å². The molecule has 1 atom stereocenters. The highest BCUT2D eigenvalue weighted by molar-refractivity contribution is 7.99. The molecule has 1 aromatic carbocycles. The third kappa shape index (κ3) is 4.04. The Labute approximate surface area is 182 Å². The second-order valence-electron chi connectivity index (χ2n) is 7.22. The normalized spacial score (nSPS) is 17.1. The van der Waals surface area contributed by atoms with Gasteiger partial charge in [0, 0.05) is 36.6 Å². The average molecular weight is 453 g/mol. The van der Waals surface area contributed by atoms with E-state index in [0.717, 1.165) is 30.8 Å². The van der Waals surface area contributed by atoms with Crippen LogP contribution < -0.4 is 11.3 Å². The summed E-state index contributed by atoms with van der Waals surface area (Å²) in [7, 11) is 0. The number of piperidine rings is 1. The number of nitrogens with two attached hydrogens (primary N) is 1. The first-order chi connectivity index (χ1) is 14.0. The van der Waals surface area contributed by atoms with Gasteiger partial charge in [0.1, 0.15) is 10.5 Å². The van der Waals surface area contributed by atoms with Gasteiger partial charge in [-0.2, -0.15) is 5.10 Å². The van der Waals surface area contributed by atoms with Gasteiger partial charge in [0.2, 0.25) is 0 Å². The third-order valence-corrected chi connectivity index (χ3v) is 7.42. The molecule has 154 valence electrons. The molecule has 3 N–H and O–H groups in total. The maximum absolute atomic E-state index is 13.0. The number of halogens is 2. The summed E-state index contributed by atoms with van der Waals surface area (Å²) in [5, 5.41) is 8.68. The molecule has 3 aromatic rings. The highest BCUT2D eigenvalue weighted by Crippen LogP contribution is 2.38. The highest BCUT2D eigenvalue weighted by Gasteiger charge is 2.25. The van der Waals surface area contributed by atoms with E-state index in [1.807, 2.05) is 12.1 Å². The van der Waals surface area contributed by atoms with Gasteiger partial charge in [-0.25, -0.2) is 4.98 Å². The van der Waals surface area contributed by atoms with Gasteiger partial charge in [-0.1, -0.05) is 41.0 Å². The van der Waals surface area contributed by atoms with Crippen LogP contribution in [0.15, 0.2) is 39.2 Å². The lowest BCUT2D eigenvalue weighted by molar-refractivity contribution is 0.145. The number of benzene rings is 1. The molecular weight excluding hydrogens is 431 g/mol. The minimum Gasteiger partial charge on any atom is -0.329 e. The smallest absolute Gasteiger partial charge is 0.279 e. The quantitative estimate of drug-likeness (QED) is 0.614. The van der Waals surface area contributed by atoms with Crippen molar-refractivity contribution in [1.82, 2.24) is 24.6 Å². The zero-order chi connectivity index (χ0) is 20.5. The van der Waals surface area contributed by atoms with Crippen LogP contribution >= 0.6 is 35.0 Å². The number of likely N-dealkylation sites (tertiary alicyclic amines) is 1. The molecule has 3 heterocycles. The molecule has 0 bridgehead atoms. The largest absolute Gasteiger partial charge is 0.329 e. The van der Waals surface area contributed by atoms with Crippen molar-refractivity contribution in [2.75, 3.05) is 19.6 Å². The second kappa shape index (κ2) is 8.65. The number of aromatic amines is 1. The molecule has 0 amide bonds. The van der Waals surface area contributed by atoms with E-state index in [9.17, 15) is 4.79 Å². The molecule has 1 aliphatic heterocycles. The molecule has 10 heteroatoms. The van der Waals surface area contributed by atoms with Crippen LogP contribution in [-0.2, 0) is 0 Å².